The highest BCUT2D eigenvalue weighted by Crippen LogP contribution is 2.22. The molecule has 24 heavy (non-hydrogen) atoms. The Morgan fingerprint density at radius 3 is 2.00 bits per heavy atom. The second-order valence-electron chi connectivity index (χ2n) is 6.53. The van der Waals surface area contributed by atoms with Gasteiger partial charge in [0.2, 0.25) is 0 Å². The third-order valence-electron chi connectivity index (χ3n) is 2.63. The Morgan fingerprint density at radius 1 is 1.00 bits per heavy atom. The number of hydrogen-bond acceptors (Lipinski definition) is 7. The lowest BCUT2D eigenvalue weighted by Crippen LogP contribution is -2.47. The predicted octanol–water partition coefficient (Wildman–Crippen LogP) is 2.18. The van der Waals surface area contributed by atoms with E-state index in [1.807, 2.05) is 0 Å². The molecule has 0 heterocycles. The first-order chi connectivity index (χ1) is 10.9. The van der Waals surface area contributed by atoms with E-state index in [-0.39, 0.29) is 25.2 Å². The van der Waals surface area contributed by atoms with Gasteiger partial charge in [0.25, 0.3) is 0 Å². The van der Waals surface area contributed by atoms with Crippen LogP contribution in [0.5, 0.6) is 0 Å². The summed E-state index contributed by atoms with van der Waals surface area (Å²) < 4.78 is 21.0. The van der Waals surface area contributed by atoms with E-state index >= 15 is 0 Å². The molecule has 0 aromatic carbocycles. The Labute approximate surface area is 143 Å². The zero-order chi connectivity index (χ0) is 19.0. The highest BCUT2D eigenvalue weighted by molar-refractivity contribution is 5.87. The molecule has 0 aromatic heterocycles. The fourth-order valence-corrected chi connectivity index (χ4v) is 1.79. The second kappa shape index (κ2) is 9.42. The van der Waals surface area contributed by atoms with Crippen molar-refractivity contribution in [2.24, 2.45) is 0 Å². The minimum atomic E-state index is -1.45. The standard InChI is InChI=1S/C17H28O7/c1-8-21-10-17(23-13(4)18,11-22-15(20)12(2)3)9-14(19)24-16(5,6)7/h2,8-11H2,1,3-7H3. The van der Waals surface area contributed by atoms with Crippen molar-refractivity contribution >= 4 is 17.9 Å². The van der Waals surface area contributed by atoms with Crippen molar-refractivity contribution in [2.75, 3.05) is 19.8 Å². The van der Waals surface area contributed by atoms with Crippen LogP contribution in [-0.2, 0) is 33.3 Å². The molecule has 0 aromatic rings. The molecule has 0 amide bonds. The average Bonchev–Trinajstić information content (AvgIpc) is 2.39. The Bertz CT molecular complexity index is 476. The van der Waals surface area contributed by atoms with E-state index in [0.717, 1.165) is 0 Å². The molecule has 7 heteroatoms. The van der Waals surface area contributed by atoms with Gasteiger partial charge in [0.1, 0.15) is 12.2 Å². The molecular weight excluding hydrogens is 316 g/mol. The zero-order valence-electron chi connectivity index (χ0n) is 15.4. The van der Waals surface area contributed by atoms with Crippen LogP contribution >= 0.6 is 0 Å². The lowest BCUT2D eigenvalue weighted by atomic mass is 10.0. The van der Waals surface area contributed by atoms with Crippen molar-refractivity contribution in [3.8, 4) is 0 Å². The Balaban J connectivity index is 5.31. The predicted molar refractivity (Wildman–Crippen MR) is 87.2 cm³/mol. The van der Waals surface area contributed by atoms with Gasteiger partial charge < -0.3 is 18.9 Å². The Kier molecular flexibility index (Phi) is 8.67. The third-order valence-corrected chi connectivity index (χ3v) is 2.63. The monoisotopic (exact) mass is 344 g/mol. The van der Waals surface area contributed by atoms with Gasteiger partial charge in [-0.1, -0.05) is 6.58 Å². The lowest BCUT2D eigenvalue weighted by molar-refractivity contribution is -0.187. The SMILES string of the molecule is C=C(C)C(=O)OCC(COCC)(CC(=O)OC(C)(C)C)OC(C)=O. The Morgan fingerprint density at radius 2 is 1.58 bits per heavy atom. The first-order valence-electron chi connectivity index (χ1n) is 7.72. The van der Waals surface area contributed by atoms with E-state index < -0.39 is 29.1 Å². The molecule has 0 aliphatic rings. The van der Waals surface area contributed by atoms with Gasteiger partial charge in [0.15, 0.2) is 5.60 Å². The summed E-state index contributed by atoms with van der Waals surface area (Å²) in [7, 11) is 0. The summed E-state index contributed by atoms with van der Waals surface area (Å²) in [6.07, 6.45) is -0.298. The number of carbonyl (C=O) groups is 3. The molecule has 0 saturated heterocycles. The smallest absolute Gasteiger partial charge is 0.333 e. The van der Waals surface area contributed by atoms with E-state index in [4.69, 9.17) is 18.9 Å². The van der Waals surface area contributed by atoms with Gasteiger partial charge in [0, 0.05) is 19.1 Å². The minimum Gasteiger partial charge on any atom is -0.460 e. The molecule has 7 nitrogen and oxygen atoms in total. The minimum absolute atomic E-state index is 0.105. The molecule has 1 atom stereocenters. The molecule has 0 fully saturated rings. The quantitative estimate of drug-likeness (QED) is 0.360. The number of carbonyl (C=O) groups excluding carboxylic acids is 3. The molecule has 1 unspecified atom stereocenters. The van der Waals surface area contributed by atoms with Gasteiger partial charge in [-0.05, 0) is 34.6 Å². The molecule has 0 bridgehead atoms. The third kappa shape index (κ3) is 9.29. The molecule has 0 aliphatic heterocycles. The van der Waals surface area contributed by atoms with E-state index in [1.54, 1.807) is 27.7 Å². The van der Waals surface area contributed by atoms with Gasteiger partial charge in [-0.25, -0.2) is 4.79 Å². The van der Waals surface area contributed by atoms with Crippen LogP contribution in [0.4, 0.5) is 0 Å². The first kappa shape index (κ1) is 22.1. The van der Waals surface area contributed by atoms with Crippen molar-refractivity contribution in [2.45, 2.75) is 59.2 Å². The maximum atomic E-state index is 12.2. The number of ether oxygens (including phenoxy) is 4. The topological polar surface area (TPSA) is 88.1 Å². The van der Waals surface area contributed by atoms with Crippen molar-refractivity contribution in [1.82, 2.24) is 0 Å². The van der Waals surface area contributed by atoms with Crippen molar-refractivity contribution in [3.05, 3.63) is 12.2 Å². The summed E-state index contributed by atoms with van der Waals surface area (Å²) in [5.74, 6) is -1.85. The van der Waals surface area contributed by atoms with Crippen LogP contribution in [0.15, 0.2) is 12.2 Å². The van der Waals surface area contributed by atoms with Crippen LogP contribution in [0.2, 0.25) is 0 Å². The number of rotatable bonds is 9. The molecular formula is C17H28O7. The average molecular weight is 344 g/mol. The molecule has 0 aliphatic carbocycles. The van der Waals surface area contributed by atoms with Crippen LogP contribution in [0, 0.1) is 0 Å². The molecule has 0 rings (SSSR count). The van der Waals surface area contributed by atoms with Crippen molar-refractivity contribution in [1.29, 1.82) is 0 Å². The largest absolute Gasteiger partial charge is 0.460 e. The fraction of sp³-hybridized carbons (Fsp3) is 0.706. The summed E-state index contributed by atoms with van der Waals surface area (Å²) in [5.41, 5.74) is -1.95. The van der Waals surface area contributed by atoms with Gasteiger partial charge in [-0.15, -0.1) is 0 Å². The van der Waals surface area contributed by atoms with Gasteiger partial charge in [-0.3, -0.25) is 9.59 Å². The summed E-state index contributed by atoms with van der Waals surface area (Å²) in [6, 6.07) is 0. The van der Waals surface area contributed by atoms with Gasteiger partial charge in [0.05, 0.1) is 13.0 Å². The van der Waals surface area contributed by atoms with Crippen LogP contribution < -0.4 is 0 Å². The van der Waals surface area contributed by atoms with Gasteiger partial charge >= 0.3 is 17.9 Å². The molecule has 0 radical (unpaired) electrons. The maximum absolute atomic E-state index is 12.2. The Hall–Kier alpha value is -1.89. The number of hydrogen-bond donors (Lipinski definition) is 0. The molecule has 0 saturated carbocycles. The van der Waals surface area contributed by atoms with Crippen LogP contribution in [0.1, 0.15) is 48.0 Å². The van der Waals surface area contributed by atoms with E-state index in [2.05, 4.69) is 6.58 Å². The summed E-state index contributed by atoms with van der Waals surface area (Å²) >= 11 is 0. The van der Waals surface area contributed by atoms with E-state index in [0.29, 0.717) is 6.61 Å². The normalized spacial score (nSPS) is 13.6. The molecule has 138 valence electrons. The molecule has 0 spiro atoms. The summed E-state index contributed by atoms with van der Waals surface area (Å²) in [6.45, 7) is 13.0. The van der Waals surface area contributed by atoms with Crippen molar-refractivity contribution < 1.29 is 33.3 Å². The summed E-state index contributed by atoms with van der Waals surface area (Å²) in [4.78, 5) is 35.3. The summed E-state index contributed by atoms with van der Waals surface area (Å²) in [5, 5.41) is 0. The molecule has 0 N–H and O–H groups in total. The van der Waals surface area contributed by atoms with E-state index in [9.17, 15) is 14.4 Å². The first-order valence-corrected chi connectivity index (χ1v) is 7.72. The lowest BCUT2D eigenvalue weighted by Gasteiger charge is -2.32. The highest BCUT2D eigenvalue weighted by atomic mass is 16.6. The van der Waals surface area contributed by atoms with Crippen LogP contribution in [0.25, 0.3) is 0 Å². The second-order valence-corrected chi connectivity index (χ2v) is 6.53. The highest BCUT2D eigenvalue weighted by Gasteiger charge is 2.40. The number of esters is 3. The van der Waals surface area contributed by atoms with Crippen LogP contribution in [0.3, 0.4) is 0 Å². The van der Waals surface area contributed by atoms with Crippen LogP contribution in [-0.4, -0.2) is 48.9 Å². The van der Waals surface area contributed by atoms with Gasteiger partial charge in [-0.2, -0.15) is 0 Å². The zero-order valence-corrected chi connectivity index (χ0v) is 15.4. The fourth-order valence-electron chi connectivity index (χ4n) is 1.79. The maximum Gasteiger partial charge on any atom is 0.333 e. The van der Waals surface area contributed by atoms with Crippen molar-refractivity contribution in [3.63, 3.8) is 0 Å². The van der Waals surface area contributed by atoms with E-state index in [1.165, 1.54) is 13.8 Å².